The molecule has 0 rings (SSSR count). The van der Waals surface area contributed by atoms with E-state index < -0.39 is 30.0 Å². The van der Waals surface area contributed by atoms with E-state index in [1.165, 1.54) is 0 Å². The summed E-state index contributed by atoms with van der Waals surface area (Å²) in [5.74, 6) is -5.29. The maximum Gasteiger partial charge on any atom is 0.471 e. The third-order valence-electron chi connectivity index (χ3n) is 3.10. The van der Waals surface area contributed by atoms with Crippen LogP contribution in [0.3, 0.4) is 0 Å². The monoisotopic (exact) mass is 341 g/mol. The molecule has 0 saturated heterocycles. The summed E-state index contributed by atoms with van der Waals surface area (Å²) < 4.78 is 38.1. The van der Waals surface area contributed by atoms with Gasteiger partial charge < -0.3 is 16.6 Å². The number of unbranched alkanes of at least 4 members (excludes halogenated alkanes) is 2. The molecule has 0 aliphatic heterocycles. The number of hydrogen-bond donors (Lipinski definition) is 3. The van der Waals surface area contributed by atoms with Crippen LogP contribution in [-0.2, 0) is 14.4 Å². The van der Waals surface area contributed by atoms with Crippen molar-refractivity contribution in [3.63, 3.8) is 0 Å². The number of rotatable bonds is 10. The number of aliphatic carboxylic acids is 1. The Labute approximate surface area is 131 Å². The molecular formula is C13H22F3N3O4. The lowest BCUT2D eigenvalue weighted by Gasteiger charge is -2.28. The van der Waals surface area contributed by atoms with Crippen LogP contribution < -0.4 is 11.5 Å². The first-order chi connectivity index (χ1) is 10.7. The molecule has 0 aliphatic rings. The van der Waals surface area contributed by atoms with E-state index in [-0.39, 0.29) is 43.7 Å². The quantitative estimate of drug-likeness (QED) is 0.500. The van der Waals surface area contributed by atoms with Crippen molar-refractivity contribution in [1.29, 1.82) is 0 Å². The van der Waals surface area contributed by atoms with Crippen LogP contribution in [0, 0.1) is 0 Å². The minimum absolute atomic E-state index is 0.173. The van der Waals surface area contributed by atoms with Crippen molar-refractivity contribution >= 4 is 17.8 Å². The van der Waals surface area contributed by atoms with Crippen LogP contribution in [0.2, 0.25) is 0 Å². The summed E-state index contributed by atoms with van der Waals surface area (Å²) in [5, 5.41) is 9.11. The van der Waals surface area contributed by atoms with Gasteiger partial charge in [0.2, 0.25) is 5.91 Å². The van der Waals surface area contributed by atoms with E-state index in [0.29, 0.717) is 12.8 Å². The summed E-state index contributed by atoms with van der Waals surface area (Å²) in [7, 11) is 0. The van der Waals surface area contributed by atoms with Gasteiger partial charge in [-0.3, -0.25) is 14.5 Å². The highest BCUT2D eigenvalue weighted by Gasteiger charge is 2.48. The summed E-state index contributed by atoms with van der Waals surface area (Å²) in [5.41, 5.74) is 10.5. The minimum Gasteiger partial charge on any atom is -0.480 e. The number of hydrogen-bond acceptors (Lipinski definition) is 5. The number of halogens is 3. The first-order valence-corrected chi connectivity index (χ1v) is 7.23. The number of nitrogens with two attached hydrogens (primary N) is 2. The molecule has 0 spiro atoms. The van der Waals surface area contributed by atoms with E-state index in [4.69, 9.17) is 16.6 Å². The first kappa shape index (κ1) is 21.3. The van der Waals surface area contributed by atoms with Crippen LogP contribution >= 0.6 is 0 Å². The Morgan fingerprint density at radius 1 is 1.00 bits per heavy atom. The van der Waals surface area contributed by atoms with Gasteiger partial charge in [-0.1, -0.05) is 0 Å². The standard InChI is InChI=1S/C13H22F3N3O4/c14-13(15,16)12(23)19(10(20)6-2-4-8-18)9(11(21)22)5-1-3-7-17/h9H,1-8,17-18H2,(H,21,22)/t9-/m0/s1. The van der Waals surface area contributed by atoms with Gasteiger partial charge in [0.25, 0.3) is 0 Å². The number of carbonyl (C=O) groups is 3. The zero-order chi connectivity index (χ0) is 18.0. The Hall–Kier alpha value is -1.68. The van der Waals surface area contributed by atoms with Gasteiger partial charge >= 0.3 is 18.1 Å². The molecule has 134 valence electrons. The fourth-order valence-electron chi connectivity index (χ4n) is 1.95. The van der Waals surface area contributed by atoms with Gasteiger partial charge in [0, 0.05) is 6.42 Å². The number of carboxylic acid groups (broad SMARTS) is 1. The molecule has 0 aromatic heterocycles. The lowest BCUT2D eigenvalue weighted by Crippen LogP contribution is -2.53. The Morgan fingerprint density at radius 3 is 1.96 bits per heavy atom. The van der Waals surface area contributed by atoms with Gasteiger partial charge in [0.1, 0.15) is 6.04 Å². The third-order valence-corrected chi connectivity index (χ3v) is 3.10. The normalized spacial score (nSPS) is 12.7. The van der Waals surface area contributed by atoms with Crippen molar-refractivity contribution in [3.8, 4) is 0 Å². The first-order valence-electron chi connectivity index (χ1n) is 7.23. The molecule has 7 nitrogen and oxygen atoms in total. The van der Waals surface area contributed by atoms with Crippen molar-refractivity contribution in [2.24, 2.45) is 11.5 Å². The fourth-order valence-corrected chi connectivity index (χ4v) is 1.95. The lowest BCUT2D eigenvalue weighted by atomic mass is 10.1. The molecule has 0 aromatic rings. The van der Waals surface area contributed by atoms with Crippen molar-refractivity contribution in [2.75, 3.05) is 13.1 Å². The molecule has 0 fully saturated rings. The Morgan fingerprint density at radius 2 is 1.52 bits per heavy atom. The molecule has 0 aromatic carbocycles. The van der Waals surface area contributed by atoms with Gasteiger partial charge in [-0.15, -0.1) is 0 Å². The SMILES string of the molecule is NCCCCC(=O)N(C(=O)C(F)(F)F)[C@@H](CCCCN)C(=O)O. The van der Waals surface area contributed by atoms with Gasteiger partial charge in [-0.05, 0) is 45.2 Å². The second kappa shape index (κ2) is 10.2. The predicted octanol–water partition coefficient (Wildman–Crippen LogP) is 0.615. The Bertz CT molecular complexity index is 416. The van der Waals surface area contributed by atoms with Crippen molar-refractivity contribution in [1.82, 2.24) is 4.90 Å². The molecule has 0 saturated carbocycles. The number of nitrogens with zero attached hydrogens (tertiary/aromatic N) is 1. The minimum atomic E-state index is -5.33. The lowest BCUT2D eigenvalue weighted by molar-refractivity contribution is -0.192. The van der Waals surface area contributed by atoms with Crippen LogP contribution in [0.25, 0.3) is 0 Å². The second-order valence-corrected chi connectivity index (χ2v) is 4.95. The highest BCUT2D eigenvalue weighted by atomic mass is 19.4. The maximum absolute atomic E-state index is 12.7. The maximum atomic E-state index is 12.7. The molecule has 23 heavy (non-hydrogen) atoms. The summed E-state index contributed by atoms with van der Waals surface area (Å²) in [6.45, 7) is 0.462. The molecule has 5 N–H and O–H groups in total. The number of carbonyl (C=O) groups excluding carboxylic acids is 2. The van der Waals surface area contributed by atoms with E-state index in [1.807, 2.05) is 0 Å². The molecule has 1 atom stereocenters. The molecule has 0 aliphatic carbocycles. The summed E-state index contributed by atoms with van der Waals surface area (Å²) in [6, 6.07) is -1.86. The van der Waals surface area contributed by atoms with E-state index in [1.54, 1.807) is 0 Å². The summed E-state index contributed by atoms with van der Waals surface area (Å²) in [6.07, 6.45) is -4.87. The van der Waals surface area contributed by atoms with Gasteiger partial charge in [0.05, 0.1) is 0 Å². The number of amides is 2. The van der Waals surface area contributed by atoms with Crippen LogP contribution in [0.4, 0.5) is 13.2 Å². The van der Waals surface area contributed by atoms with Crippen LogP contribution in [-0.4, -0.2) is 53.1 Å². The van der Waals surface area contributed by atoms with Crippen LogP contribution in [0.1, 0.15) is 38.5 Å². The Kier molecular flexibility index (Phi) is 9.42. The molecule has 0 heterocycles. The van der Waals surface area contributed by atoms with Crippen molar-refractivity contribution < 1.29 is 32.7 Å². The van der Waals surface area contributed by atoms with Crippen LogP contribution in [0.15, 0.2) is 0 Å². The van der Waals surface area contributed by atoms with Gasteiger partial charge in [-0.25, -0.2) is 4.79 Å². The number of alkyl halides is 3. The summed E-state index contributed by atoms with van der Waals surface area (Å²) in [4.78, 5) is 34.5. The van der Waals surface area contributed by atoms with E-state index >= 15 is 0 Å². The second-order valence-electron chi connectivity index (χ2n) is 4.95. The predicted molar refractivity (Wildman–Crippen MR) is 75.1 cm³/mol. The molecular weight excluding hydrogens is 319 g/mol. The summed E-state index contributed by atoms with van der Waals surface area (Å²) >= 11 is 0. The highest BCUT2D eigenvalue weighted by molar-refractivity contribution is 6.01. The molecule has 2 amide bonds. The highest BCUT2D eigenvalue weighted by Crippen LogP contribution is 2.23. The topological polar surface area (TPSA) is 127 Å². The molecule has 0 radical (unpaired) electrons. The van der Waals surface area contributed by atoms with E-state index in [2.05, 4.69) is 0 Å². The zero-order valence-electron chi connectivity index (χ0n) is 12.6. The van der Waals surface area contributed by atoms with E-state index in [9.17, 15) is 27.6 Å². The third kappa shape index (κ3) is 7.42. The van der Waals surface area contributed by atoms with Gasteiger partial charge in [-0.2, -0.15) is 13.2 Å². The number of carboxylic acids is 1. The van der Waals surface area contributed by atoms with Crippen molar-refractivity contribution in [2.45, 2.75) is 50.7 Å². The fraction of sp³-hybridized carbons (Fsp3) is 0.769. The molecule has 10 heteroatoms. The van der Waals surface area contributed by atoms with Crippen molar-refractivity contribution in [3.05, 3.63) is 0 Å². The Balaban J connectivity index is 5.30. The molecule has 0 bridgehead atoms. The largest absolute Gasteiger partial charge is 0.480 e. The zero-order valence-corrected chi connectivity index (χ0v) is 12.6. The van der Waals surface area contributed by atoms with Gasteiger partial charge in [0.15, 0.2) is 0 Å². The average molecular weight is 341 g/mol. The van der Waals surface area contributed by atoms with Crippen LogP contribution in [0.5, 0.6) is 0 Å². The smallest absolute Gasteiger partial charge is 0.471 e. The molecule has 0 unspecified atom stereocenters. The van der Waals surface area contributed by atoms with E-state index in [0.717, 1.165) is 0 Å². The number of imide groups is 1. The average Bonchev–Trinajstić information content (AvgIpc) is 2.45.